The van der Waals surface area contributed by atoms with Crippen LogP contribution in [0.2, 0.25) is 0 Å². The number of nitrogens with one attached hydrogen (secondary N) is 1. The standard InChI is InChI=1S/C16H25NO2/c1-11(10-16(3,4)5)9-15(19)17-13-7-6-8-14(18)12(13)2/h6-8,11,18H,9-10H2,1-5H3,(H,17,19). The highest BCUT2D eigenvalue weighted by molar-refractivity contribution is 5.91. The summed E-state index contributed by atoms with van der Waals surface area (Å²) in [5, 5.41) is 12.5. The normalized spacial score (nSPS) is 13.1. The number of hydrogen-bond donors (Lipinski definition) is 2. The molecule has 0 aliphatic heterocycles. The monoisotopic (exact) mass is 263 g/mol. The van der Waals surface area contributed by atoms with E-state index in [1.54, 1.807) is 25.1 Å². The molecule has 0 aliphatic rings. The van der Waals surface area contributed by atoms with Crippen LogP contribution in [0, 0.1) is 18.3 Å². The molecule has 3 nitrogen and oxygen atoms in total. The Balaban J connectivity index is 2.58. The number of anilines is 1. The lowest BCUT2D eigenvalue weighted by molar-refractivity contribution is -0.117. The number of amides is 1. The molecular weight excluding hydrogens is 238 g/mol. The average Bonchev–Trinajstić information content (AvgIpc) is 2.21. The van der Waals surface area contributed by atoms with Gasteiger partial charge in [-0.15, -0.1) is 0 Å². The zero-order valence-corrected chi connectivity index (χ0v) is 12.6. The molecule has 0 heterocycles. The third-order valence-electron chi connectivity index (χ3n) is 3.07. The van der Waals surface area contributed by atoms with Gasteiger partial charge in [0.05, 0.1) is 0 Å². The summed E-state index contributed by atoms with van der Waals surface area (Å²) in [6, 6.07) is 5.16. The third kappa shape index (κ3) is 5.33. The Morgan fingerprint density at radius 2 is 2.00 bits per heavy atom. The lowest BCUT2D eigenvalue weighted by atomic mass is 9.84. The highest BCUT2D eigenvalue weighted by atomic mass is 16.3. The molecule has 0 radical (unpaired) electrons. The minimum absolute atomic E-state index is 0.00505. The van der Waals surface area contributed by atoms with Gasteiger partial charge in [-0.3, -0.25) is 4.79 Å². The number of phenolic OH excluding ortho intramolecular Hbond substituents is 1. The van der Waals surface area contributed by atoms with E-state index in [0.29, 0.717) is 23.6 Å². The maximum Gasteiger partial charge on any atom is 0.224 e. The van der Waals surface area contributed by atoms with Crippen LogP contribution in [0.25, 0.3) is 0 Å². The molecule has 2 N–H and O–H groups in total. The first kappa shape index (κ1) is 15.5. The fourth-order valence-corrected chi connectivity index (χ4v) is 2.39. The third-order valence-corrected chi connectivity index (χ3v) is 3.07. The second-order valence-corrected chi connectivity index (χ2v) is 6.57. The van der Waals surface area contributed by atoms with Gasteiger partial charge in [0.1, 0.15) is 5.75 Å². The Hall–Kier alpha value is -1.51. The fraction of sp³-hybridized carbons (Fsp3) is 0.562. The van der Waals surface area contributed by atoms with Gasteiger partial charge in [0.2, 0.25) is 5.91 Å². The Kier molecular flexibility index (Phi) is 4.98. The van der Waals surface area contributed by atoms with Crippen LogP contribution >= 0.6 is 0 Å². The van der Waals surface area contributed by atoms with Crippen molar-refractivity contribution in [3.8, 4) is 5.75 Å². The van der Waals surface area contributed by atoms with Crippen molar-refractivity contribution in [1.29, 1.82) is 0 Å². The van der Waals surface area contributed by atoms with E-state index >= 15 is 0 Å². The van der Waals surface area contributed by atoms with Crippen LogP contribution < -0.4 is 5.32 Å². The summed E-state index contributed by atoms with van der Waals surface area (Å²) in [5.41, 5.74) is 1.63. The molecular formula is C16H25NO2. The number of phenols is 1. The number of carbonyl (C=O) groups excluding carboxylic acids is 1. The van der Waals surface area contributed by atoms with E-state index in [1.807, 2.05) is 0 Å². The van der Waals surface area contributed by atoms with Crippen molar-refractivity contribution in [2.24, 2.45) is 11.3 Å². The van der Waals surface area contributed by atoms with Gasteiger partial charge in [-0.05, 0) is 36.8 Å². The molecule has 3 heteroatoms. The fourth-order valence-electron chi connectivity index (χ4n) is 2.39. The molecule has 19 heavy (non-hydrogen) atoms. The average molecular weight is 263 g/mol. The van der Waals surface area contributed by atoms with Crippen molar-refractivity contribution in [3.63, 3.8) is 0 Å². The molecule has 106 valence electrons. The number of carbonyl (C=O) groups is 1. The van der Waals surface area contributed by atoms with E-state index in [1.165, 1.54) is 0 Å². The molecule has 0 aromatic heterocycles. The van der Waals surface area contributed by atoms with Crippen LogP contribution in [0.15, 0.2) is 18.2 Å². The molecule has 0 saturated heterocycles. The molecule has 0 spiro atoms. The predicted molar refractivity (Wildman–Crippen MR) is 79.3 cm³/mol. The number of benzene rings is 1. The van der Waals surface area contributed by atoms with Crippen LogP contribution in [0.1, 0.15) is 46.1 Å². The van der Waals surface area contributed by atoms with Gasteiger partial charge in [0.15, 0.2) is 0 Å². The first-order chi connectivity index (χ1) is 8.69. The van der Waals surface area contributed by atoms with Gasteiger partial charge in [-0.1, -0.05) is 33.8 Å². The van der Waals surface area contributed by atoms with Crippen LogP contribution in [0.3, 0.4) is 0 Å². The smallest absolute Gasteiger partial charge is 0.224 e. The summed E-state index contributed by atoms with van der Waals surface area (Å²) in [7, 11) is 0. The maximum atomic E-state index is 12.0. The minimum atomic E-state index is 0.00505. The zero-order valence-electron chi connectivity index (χ0n) is 12.6. The highest BCUT2D eigenvalue weighted by Gasteiger charge is 2.18. The minimum Gasteiger partial charge on any atom is -0.508 e. The molecule has 0 aliphatic carbocycles. The van der Waals surface area contributed by atoms with Crippen LogP contribution in [-0.4, -0.2) is 11.0 Å². The summed E-state index contributed by atoms with van der Waals surface area (Å²) >= 11 is 0. The number of aromatic hydroxyl groups is 1. The molecule has 1 rings (SSSR count). The predicted octanol–water partition coefficient (Wildman–Crippen LogP) is 4.10. The van der Waals surface area contributed by atoms with E-state index in [9.17, 15) is 9.90 Å². The van der Waals surface area contributed by atoms with Crippen LogP contribution in [0.4, 0.5) is 5.69 Å². The zero-order chi connectivity index (χ0) is 14.6. The van der Waals surface area contributed by atoms with Crippen molar-refractivity contribution in [2.45, 2.75) is 47.5 Å². The molecule has 1 unspecified atom stereocenters. The van der Waals surface area contributed by atoms with Crippen LogP contribution in [0.5, 0.6) is 5.75 Å². The topological polar surface area (TPSA) is 49.3 Å². The van der Waals surface area contributed by atoms with Crippen molar-refractivity contribution in [1.82, 2.24) is 0 Å². The summed E-state index contributed by atoms with van der Waals surface area (Å²) in [5.74, 6) is 0.559. The molecule has 1 aromatic carbocycles. The van der Waals surface area contributed by atoms with Gasteiger partial charge in [-0.25, -0.2) is 0 Å². The molecule has 1 atom stereocenters. The highest BCUT2D eigenvalue weighted by Crippen LogP contribution is 2.27. The molecule has 1 amide bonds. The van der Waals surface area contributed by atoms with E-state index in [0.717, 1.165) is 6.42 Å². The van der Waals surface area contributed by atoms with Crippen molar-refractivity contribution in [2.75, 3.05) is 5.32 Å². The Morgan fingerprint density at radius 3 is 2.58 bits per heavy atom. The van der Waals surface area contributed by atoms with E-state index in [4.69, 9.17) is 0 Å². The summed E-state index contributed by atoms with van der Waals surface area (Å²) in [6.07, 6.45) is 1.52. The van der Waals surface area contributed by atoms with Gasteiger partial charge >= 0.3 is 0 Å². The van der Waals surface area contributed by atoms with Crippen molar-refractivity contribution < 1.29 is 9.90 Å². The largest absolute Gasteiger partial charge is 0.508 e. The Bertz CT molecular complexity index is 447. The second-order valence-electron chi connectivity index (χ2n) is 6.57. The van der Waals surface area contributed by atoms with Crippen molar-refractivity contribution in [3.05, 3.63) is 23.8 Å². The van der Waals surface area contributed by atoms with Gasteiger partial charge < -0.3 is 10.4 Å². The SMILES string of the molecule is Cc1c(O)cccc1NC(=O)CC(C)CC(C)(C)C. The number of rotatable bonds is 4. The lowest BCUT2D eigenvalue weighted by Gasteiger charge is -2.23. The van der Waals surface area contributed by atoms with E-state index in [2.05, 4.69) is 33.0 Å². The summed E-state index contributed by atoms with van der Waals surface area (Å²) in [6.45, 7) is 10.4. The van der Waals surface area contributed by atoms with Gasteiger partial charge in [0, 0.05) is 17.7 Å². The number of hydrogen-bond acceptors (Lipinski definition) is 2. The lowest BCUT2D eigenvalue weighted by Crippen LogP contribution is -2.19. The summed E-state index contributed by atoms with van der Waals surface area (Å²) in [4.78, 5) is 12.0. The molecule has 0 bridgehead atoms. The van der Waals surface area contributed by atoms with Gasteiger partial charge in [0.25, 0.3) is 0 Å². The van der Waals surface area contributed by atoms with E-state index < -0.39 is 0 Å². The molecule has 0 fully saturated rings. The van der Waals surface area contributed by atoms with Crippen molar-refractivity contribution >= 4 is 11.6 Å². The quantitative estimate of drug-likeness (QED) is 0.859. The Morgan fingerprint density at radius 1 is 1.37 bits per heavy atom. The molecule has 1 aromatic rings. The van der Waals surface area contributed by atoms with Crippen LogP contribution in [-0.2, 0) is 4.79 Å². The Labute approximate surface area is 116 Å². The summed E-state index contributed by atoms with van der Waals surface area (Å²) < 4.78 is 0. The second kappa shape index (κ2) is 6.09. The first-order valence-corrected chi connectivity index (χ1v) is 6.77. The molecule has 0 saturated carbocycles. The van der Waals surface area contributed by atoms with E-state index in [-0.39, 0.29) is 17.1 Å². The first-order valence-electron chi connectivity index (χ1n) is 6.77. The van der Waals surface area contributed by atoms with Gasteiger partial charge in [-0.2, -0.15) is 0 Å². The maximum absolute atomic E-state index is 12.0.